The lowest BCUT2D eigenvalue weighted by Gasteiger charge is -2.18. The fraction of sp³-hybridized carbons (Fsp3) is 0.103. The number of carbonyl (C=O) groups is 2. The number of carbonyl (C=O) groups excluding carboxylic acids is 2. The van der Waals surface area contributed by atoms with E-state index in [1.165, 1.54) is 50.2 Å². The number of nitro benzene ring substituents is 1. The van der Waals surface area contributed by atoms with Crippen LogP contribution in [0.4, 0.5) is 17.1 Å². The van der Waals surface area contributed by atoms with E-state index in [9.17, 15) is 19.7 Å². The Labute approximate surface area is 229 Å². The molecule has 4 aromatic rings. The Morgan fingerprint density at radius 2 is 1.51 bits per heavy atom. The van der Waals surface area contributed by atoms with Gasteiger partial charge in [-0.1, -0.05) is 36.4 Å². The highest BCUT2D eigenvalue weighted by molar-refractivity contribution is 8.00. The number of hydrogen-bond acceptors (Lipinski definition) is 7. The maximum atomic E-state index is 13.3. The average molecular weight is 544 g/mol. The monoisotopic (exact) mass is 543 g/mol. The second kappa shape index (κ2) is 12.6. The van der Waals surface area contributed by atoms with Gasteiger partial charge in [0.25, 0.3) is 11.6 Å². The van der Waals surface area contributed by atoms with Crippen LogP contribution in [0.3, 0.4) is 0 Å². The van der Waals surface area contributed by atoms with Crippen molar-refractivity contribution in [3.05, 3.63) is 118 Å². The summed E-state index contributed by atoms with van der Waals surface area (Å²) >= 11 is 1.32. The number of non-ortho nitro benzene ring substituents is 1. The summed E-state index contributed by atoms with van der Waals surface area (Å²) < 4.78 is 10.5. The number of benzene rings is 4. The number of thioether (sulfide) groups is 1. The molecule has 1 unspecified atom stereocenters. The van der Waals surface area contributed by atoms with Gasteiger partial charge >= 0.3 is 0 Å². The Morgan fingerprint density at radius 3 is 2.18 bits per heavy atom. The van der Waals surface area contributed by atoms with Crippen LogP contribution in [0.15, 0.2) is 102 Å². The molecule has 1 atom stereocenters. The number of nitrogens with zero attached hydrogens (tertiary/aromatic N) is 1. The molecule has 0 aliphatic heterocycles. The highest BCUT2D eigenvalue weighted by atomic mass is 32.2. The van der Waals surface area contributed by atoms with Crippen molar-refractivity contribution in [1.29, 1.82) is 0 Å². The first-order valence-electron chi connectivity index (χ1n) is 11.8. The van der Waals surface area contributed by atoms with E-state index >= 15 is 0 Å². The van der Waals surface area contributed by atoms with Gasteiger partial charge in [-0.15, -0.1) is 11.8 Å². The van der Waals surface area contributed by atoms with Crippen molar-refractivity contribution in [2.75, 3.05) is 24.9 Å². The summed E-state index contributed by atoms with van der Waals surface area (Å²) in [6, 6.07) is 27.0. The van der Waals surface area contributed by atoms with Crippen molar-refractivity contribution in [3.8, 4) is 11.5 Å². The zero-order valence-corrected chi connectivity index (χ0v) is 21.9. The topological polar surface area (TPSA) is 120 Å². The van der Waals surface area contributed by atoms with Gasteiger partial charge in [0.1, 0.15) is 5.25 Å². The SMILES string of the molecule is COc1ccc(C(=O)Nc2cccc(SC(C(=O)Nc3ccc([N+](=O)[O-])cc3)c3ccccc3)c2)cc1OC. The third kappa shape index (κ3) is 6.93. The molecule has 0 saturated heterocycles. The Bertz CT molecular complexity index is 1480. The number of methoxy groups -OCH3 is 2. The molecule has 0 aromatic heterocycles. The van der Waals surface area contributed by atoms with Gasteiger partial charge in [-0.3, -0.25) is 19.7 Å². The molecular weight excluding hydrogens is 518 g/mol. The minimum absolute atomic E-state index is 0.0612. The van der Waals surface area contributed by atoms with Crippen LogP contribution in [0.1, 0.15) is 21.2 Å². The third-order valence-corrected chi connectivity index (χ3v) is 6.93. The van der Waals surface area contributed by atoms with Gasteiger partial charge in [-0.2, -0.15) is 0 Å². The standard InChI is InChI=1S/C29H25N3O6S/c1-37-25-16-11-20(17-26(25)38-2)28(33)31-22-9-6-10-24(18-22)39-27(19-7-4-3-5-8-19)29(34)30-21-12-14-23(15-13-21)32(35)36/h3-18,27H,1-2H3,(H,30,34)(H,31,33). The molecule has 2 amide bonds. The van der Waals surface area contributed by atoms with E-state index in [1.54, 1.807) is 36.4 Å². The van der Waals surface area contributed by atoms with Crippen LogP contribution in [0.2, 0.25) is 0 Å². The van der Waals surface area contributed by atoms with E-state index in [1.807, 2.05) is 36.4 Å². The van der Waals surface area contributed by atoms with Crippen LogP contribution < -0.4 is 20.1 Å². The van der Waals surface area contributed by atoms with Crippen LogP contribution in [0, 0.1) is 10.1 Å². The number of rotatable bonds is 10. The number of ether oxygens (including phenoxy) is 2. The van der Waals surface area contributed by atoms with Gasteiger partial charge in [0, 0.05) is 34.0 Å². The Morgan fingerprint density at radius 1 is 0.795 bits per heavy atom. The van der Waals surface area contributed by atoms with E-state index in [4.69, 9.17) is 9.47 Å². The fourth-order valence-electron chi connectivity index (χ4n) is 3.74. The van der Waals surface area contributed by atoms with E-state index in [0.717, 1.165) is 10.5 Å². The van der Waals surface area contributed by atoms with Crippen LogP contribution >= 0.6 is 11.8 Å². The summed E-state index contributed by atoms with van der Waals surface area (Å²) in [6.45, 7) is 0. The van der Waals surface area contributed by atoms with E-state index < -0.39 is 10.2 Å². The summed E-state index contributed by atoms with van der Waals surface area (Å²) in [7, 11) is 3.02. The Balaban J connectivity index is 1.52. The molecule has 0 heterocycles. The first-order chi connectivity index (χ1) is 18.9. The lowest BCUT2D eigenvalue weighted by molar-refractivity contribution is -0.384. The molecule has 4 rings (SSSR count). The second-order valence-corrected chi connectivity index (χ2v) is 9.43. The number of nitrogens with one attached hydrogen (secondary N) is 2. The van der Waals surface area contributed by atoms with Gasteiger partial charge < -0.3 is 20.1 Å². The lowest BCUT2D eigenvalue weighted by atomic mass is 10.1. The van der Waals surface area contributed by atoms with Crippen molar-refractivity contribution in [2.24, 2.45) is 0 Å². The zero-order valence-electron chi connectivity index (χ0n) is 21.1. The molecule has 0 radical (unpaired) electrons. The molecule has 4 aromatic carbocycles. The largest absolute Gasteiger partial charge is 0.493 e. The van der Waals surface area contributed by atoms with Crippen molar-refractivity contribution in [1.82, 2.24) is 0 Å². The first kappa shape index (κ1) is 27.2. The van der Waals surface area contributed by atoms with Gasteiger partial charge in [-0.05, 0) is 54.1 Å². The zero-order chi connectivity index (χ0) is 27.8. The Kier molecular flexibility index (Phi) is 8.80. The van der Waals surface area contributed by atoms with Crippen molar-refractivity contribution in [2.45, 2.75) is 10.1 Å². The van der Waals surface area contributed by atoms with Gasteiger partial charge in [-0.25, -0.2) is 0 Å². The maximum Gasteiger partial charge on any atom is 0.269 e. The van der Waals surface area contributed by atoms with Gasteiger partial charge in [0.15, 0.2) is 11.5 Å². The molecule has 0 fully saturated rings. The number of anilines is 2. The van der Waals surface area contributed by atoms with Gasteiger partial charge in [0.2, 0.25) is 5.91 Å². The summed E-state index contributed by atoms with van der Waals surface area (Å²) in [5.74, 6) is 0.346. The molecule has 0 aliphatic carbocycles. The molecule has 198 valence electrons. The molecule has 0 bridgehead atoms. The molecule has 10 heteroatoms. The molecule has 0 saturated carbocycles. The second-order valence-electron chi connectivity index (χ2n) is 8.25. The Hall–Kier alpha value is -4.83. The average Bonchev–Trinajstić information content (AvgIpc) is 2.96. The van der Waals surface area contributed by atoms with Crippen LogP contribution in [0.25, 0.3) is 0 Å². The normalized spacial score (nSPS) is 11.2. The van der Waals surface area contributed by atoms with Crippen LogP contribution in [0.5, 0.6) is 11.5 Å². The van der Waals surface area contributed by atoms with Gasteiger partial charge in [0.05, 0.1) is 19.1 Å². The predicted octanol–water partition coefficient (Wildman–Crippen LogP) is 6.34. The summed E-state index contributed by atoms with van der Waals surface area (Å²) in [4.78, 5) is 37.4. The molecule has 0 aliphatic rings. The summed E-state index contributed by atoms with van der Waals surface area (Å²) in [5, 5.41) is 16.0. The highest BCUT2D eigenvalue weighted by Gasteiger charge is 2.23. The summed E-state index contributed by atoms with van der Waals surface area (Å²) in [5.41, 5.74) is 2.12. The molecular formula is C29H25N3O6S. The molecule has 9 nitrogen and oxygen atoms in total. The summed E-state index contributed by atoms with van der Waals surface area (Å²) in [6.07, 6.45) is 0. The van der Waals surface area contributed by atoms with E-state index in [-0.39, 0.29) is 17.5 Å². The van der Waals surface area contributed by atoms with Crippen LogP contribution in [-0.4, -0.2) is 31.0 Å². The number of nitro groups is 1. The first-order valence-corrected chi connectivity index (χ1v) is 12.7. The highest BCUT2D eigenvalue weighted by Crippen LogP contribution is 2.37. The van der Waals surface area contributed by atoms with E-state index in [2.05, 4.69) is 10.6 Å². The molecule has 39 heavy (non-hydrogen) atoms. The van der Waals surface area contributed by atoms with Crippen LogP contribution in [-0.2, 0) is 4.79 Å². The minimum Gasteiger partial charge on any atom is -0.493 e. The smallest absolute Gasteiger partial charge is 0.269 e. The molecule has 2 N–H and O–H groups in total. The number of amides is 2. The van der Waals surface area contributed by atoms with Crippen molar-refractivity contribution < 1.29 is 24.0 Å². The minimum atomic E-state index is -0.627. The maximum absolute atomic E-state index is 13.3. The molecule has 0 spiro atoms. The van der Waals surface area contributed by atoms with Crippen molar-refractivity contribution >= 4 is 40.6 Å². The quantitative estimate of drug-likeness (QED) is 0.136. The number of hydrogen-bond donors (Lipinski definition) is 2. The fourth-order valence-corrected chi connectivity index (χ4v) is 4.82. The third-order valence-electron chi connectivity index (χ3n) is 5.68. The van der Waals surface area contributed by atoms with E-state index in [0.29, 0.717) is 28.4 Å². The predicted molar refractivity (Wildman–Crippen MR) is 151 cm³/mol. The van der Waals surface area contributed by atoms with Crippen molar-refractivity contribution in [3.63, 3.8) is 0 Å². The lowest BCUT2D eigenvalue weighted by Crippen LogP contribution is -2.19.